The topological polar surface area (TPSA) is 55.4 Å². The second kappa shape index (κ2) is 8.07. The summed E-state index contributed by atoms with van der Waals surface area (Å²) in [6, 6.07) is 0.0857. The summed E-state index contributed by atoms with van der Waals surface area (Å²) in [6.07, 6.45) is 2.49. The van der Waals surface area contributed by atoms with Gasteiger partial charge in [-0.2, -0.15) is 0 Å². The molecule has 5 heteroatoms. The van der Waals surface area contributed by atoms with E-state index in [0.717, 1.165) is 12.8 Å². The van der Waals surface area contributed by atoms with Crippen molar-refractivity contribution in [3.05, 3.63) is 0 Å². The van der Waals surface area contributed by atoms with Gasteiger partial charge in [0.05, 0.1) is 11.5 Å². The highest BCUT2D eigenvalue weighted by Gasteiger charge is 2.16. The molecule has 0 amide bonds. The average molecular weight is 237 g/mol. The van der Waals surface area contributed by atoms with Crippen LogP contribution < -0.4 is 5.32 Å². The summed E-state index contributed by atoms with van der Waals surface area (Å²) >= 11 is 0. The lowest BCUT2D eigenvalue weighted by atomic mass is 10.2. The zero-order chi connectivity index (χ0) is 11.7. The summed E-state index contributed by atoms with van der Waals surface area (Å²) in [4.78, 5) is 0. The van der Waals surface area contributed by atoms with E-state index in [2.05, 4.69) is 12.2 Å². The Balaban J connectivity index is 3.99. The Hall–Kier alpha value is -0.130. The first-order chi connectivity index (χ1) is 7.05. The highest BCUT2D eigenvalue weighted by atomic mass is 32.2. The Morgan fingerprint density at radius 1 is 1.40 bits per heavy atom. The fourth-order valence-electron chi connectivity index (χ4n) is 1.47. The van der Waals surface area contributed by atoms with E-state index >= 15 is 0 Å². The van der Waals surface area contributed by atoms with Gasteiger partial charge in [-0.3, -0.25) is 0 Å². The van der Waals surface area contributed by atoms with E-state index < -0.39 is 9.84 Å². The first kappa shape index (κ1) is 14.9. The van der Waals surface area contributed by atoms with Crippen LogP contribution in [0.25, 0.3) is 0 Å². The van der Waals surface area contributed by atoms with Crippen molar-refractivity contribution in [2.24, 2.45) is 0 Å². The van der Waals surface area contributed by atoms with Crippen LogP contribution >= 0.6 is 0 Å². The third-order valence-electron chi connectivity index (χ3n) is 2.30. The molecule has 0 aromatic carbocycles. The molecule has 0 aliphatic heterocycles. The second-order valence-corrected chi connectivity index (χ2v) is 5.96. The molecule has 4 nitrogen and oxygen atoms in total. The molecule has 0 bridgehead atoms. The predicted octanol–water partition coefficient (Wildman–Crippen LogP) is 0.826. The zero-order valence-electron chi connectivity index (χ0n) is 9.95. The van der Waals surface area contributed by atoms with Crippen molar-refractivity contribution in [3.63, 3.8) is 0 Å². The smallest absolute Gasteiger partial charge is 0.151 e. The molecular formula is C10H23NO3S. The Labute approximate surface area is 93.3 Å². The third-order valence-corrected chi connectivity index (χ3v) is 4.13. The molecule has 92 valence electrons. The van der Waals surface area contributed by atoms with E-state index in [-0.39, 0.29) is 17.5 Å². The van der Waals surface area contributed by atoms with E-state index in [1.807, 2.05) is 7.05 Å². The summed E-state index contributed by atoms with van der Waals surface area (Å²) in [5.41, 5.74) is 0. The molecular weight excluding hydrogens is 214 g/mol. The largest absolute Gasteiger partial charge is 0.385 e. The monoisotopic (exact) mass is 237 g/mol. The molecule has 15 heavy (non-hydrogen) atoms. The summed E-state index contributed by atoms with van der Waals surface area (Å²) in [6.45, 7) is 2.57. The van der Waals surface area contributed by atoms with E-state index in [1.165, 1.54) is 0 Å². The number of hydrogen-bond donors (Lipinski definition) is 1. The minimum atomic E-state index is -2.93. The van der Waals surface area contributed by atoms with Crippen LogP contribution in [-0.4, -0.2) is 46.7 Å². The molecule has 0 heterocycles. The fraction of sp³-hybridized carbons (Fsp3) is 1.00. The molecule has 0 aromatic rings. The third kappa shape index (κ3) is 7.76. The molecule has 0 aliphatic rings. The van der Waals surface area contributed by atoms with Crippen molar-refractivity contribution >= 4 is 9.84 Å². The molecule has 0 saturated heterocycles. The number of ether oxygens (including phenoxy) is 1. The van der Waals surface area contributed by atoms with Gasteiger partial charge in [0.1, 0.15) is 0 Å². The Bertz CT molecular complexity index is 239. The normalized spacial score (nSPS) is 14.1. The van der Waals surface area contributed by atoms with Crippen molar-refractivity contribution < 1.29 is 13.2 Å². The van der Waals surface area contributed by atoms with Crippen molar-refractivity contribution in [1.29, 1.82) is 0 Å². The van der Waals surface area contributed by atoms with E-state index in [0.29, 0.717) is 13.0 Å². The first-order valence-electron chi connectivity index (χ1n) is 5.42. The standard InChI is InChI=1S/C10H23NO3S/c1-4-6-10(11-2)9-15(12,13)8-5-7-14-3/h10-11H,4-9H2,1-3H3. The van der Waals surface area contributed by atoms with Crippen molar-refractivity contribution in [1.82, 2.24) is 5.32 Å². The first-order valence-corrected chi connectivity index (χ1v) is 7.24. The molecule has 0 fully saturated rings. The molecule has 0 saturated carbocycles. The van der Waals surface area contributed by atoms with Crippen LogP contribution in [0.4, 0.5) is 0 Å². The van der Waals surface area contributed by atoms with Gasteiger partial charge in [-0.25, -0.2) is 8.42 Å². The Morgan fingerprint density at radius 3 is 2.53 bits per heavy atom. The van der Waals surface area contributed by atoms with Crippen LogP contribution in [0, 0.1) is 0 Å². The molecule has 0 spiro atoms. The number of hydrogen-bond acceptors (Lipinski definition) is 4. The van der Waals surface area contributed by atoms with Crippen LogP contribution in [0.5, 0.6) is 0 Å². The minimum Gasteiger partial charge on any atom is -0.385 e. The quantitative estimate of drug-likeness (QED) is 0.603. The van der Waals surface area contributed by atoms with Gasteiger partial charge < -0.3 is 10.1 Å². The lowest BCUT2D eigenvalue weighted by molar-refractivity contribution is 0.199. The van der Waals surface area contributed by atoms with Crippen molar-refractivity contribution in [2.75, 3.05) is 32.3 Å². The maximum Gasteiger partial charge on any atom is 0.151 e. The van der Waals surface area contributed by atoms with Gasteiger partial charge in [-0.1, -0.05) is 13.3 Å². The van der Waals surface area contributed by atoms with Gasteiger partial charge in [0, 0.05) is 19.8 Å². The maximum absolute atomic E-state index is 11.7. The van der Waals surface area contributed by atoms with E-state index in [1.54, 1.807) is 7.11 Å². The SMILES string of the molecule is CCCC(CS(=O)(=O)CCCOC)NC. The Morgan fingerprint density at radius 2 is 2.07 bits per heavy atom. The number of sulfone groups is 1. The van der Waals surface area contributed by atoms with Crippen LogP contribution in [0.2, 0.25) is 0 Å². The van der Waals surface area contributed by atoms with Gasteiger partial charge in [-0.05, 0) is 19.9 Å². The van der Waals surface area contributed by atoms with Crippen LogP contribution in [0.15, 0.2) is 0 Å². The van der Waals surface area contributed by atoms with Gasteiger partial charge in [0.15, 0.2) is 9.84 Å². The molecule has 1 N–H and O–H groups in total. The number of rotatable bonds is 9. The molecule has 1 atom stereocenters. The van der Waals surface area contributed by atoms with Crippen molar-refractivity contribution in [2.45, 2.75) is 32.2 Å². The van der Waals surface area contributed by atoms with Crippen molar-refractivity contribution in [3.8, 4) is 0 Å². The highest BCUT2D eigenvalue weighted by Crippen LogP contribution is 2.03. The molecule has 1 unspecified atom stereocenters. The summed E-state index contributed by atoms with van der Waals surface area (Å²) < 4.78 is 28.1. The van der Waals surface area contributed by atoms with E-state index in [4.69, 9.17) is 4.74 Å². The number of methoxy groups -OCH3 is 1. The maximum atomic E-state index is 11.7. The summed E-state index contributed by atoms with van der Waals surface area (Å²) in [7, 11) is 0.464. The Kier molecular flexibility index (Phi) is 8.00. The van der Waals surface area contributed by atoms with Crippen LogP contribution in [0.3, 0.4) is 0 Å². The number of nitrogens with one attached hydrogen (secondary N) is 1. The lowest BCUT2D eigenvalue weighted by Gasteiger charge is -2.15. The zero-order valence-corrected chi connectivity index (χ0v) is 10.8. The summed E-state index contributed by atoms with van der Waals surface area (Å²) in [5, 5.41) is 3.04. The fourth-order valence-corrected chi connectivity index (χ4v) is 3.14. The van der Waals surface area contributed by atoms with Gasteiger partial charge in [0.25, 0.3) is 0 Å². The molecule has 0 radical (unpaired) electrons. The lowest BCUT2D eigenvalue weighted by Crippen LogP contribution is -2.33. The molecule has 0 aliphatic carbocycles. The second-order valence-electron chi connectivity index (χ2n) is 3.73. The van der Waals surface area contributed by atoms with Gasteiger partial charge in [-0.15, -0.1) is 0 Å². The van der Waals surface area contributed by atoms with Gasteiger partial charge in [0.2, 0.25) is 0 Å². The minimum absolute atomic E-state index is 0.0857. The predicted molar refractivity (Wildman–Crippen MR) is 62.9 cm³/mol. The van der Waals surface area contributed by atoms with Crippen LogP contribution in [0.1, 0.15) is 26.2 Å². The van der Waals surface area contributed by atoms with E-state index in [9.17, 15) is 8.42 Å². The van der Waals surface area contributed by atoms with Gasteiger partial charge >= 0.3 is 0 Å². The van der Waals surface area contributed by atoms with Crippen LogP contribution in [-0.2, 0) is 14.6 Å². The molecule has 0 rings (SSSR count). The summed E-state index contributed by atoms with van der Waals surface area (Å²) in [5.74, 6) is 0.462. The molecule has 0 aromatic heterocycles. The average Bonchev–Trinajstić information content (AvgIpc) is 2.17. The highest BCUT2D eigenvalue weighted by molar-refractivity contribution is 7.91.